The quantitative estimate of drug-likeness (QED) is 0.671. The maximum Gasteiger partial charge on any atom is 0.239 e. The van der Waals surface area contributed by atoms with Crippen LogP contribution in [0.15, 0.2) is 0 Å². The van der Waals surface area contributed by atoms with E-state index in [4.69, 9.17) is 9.47 Å². The van der Waals surface area contributed by atoms with E-state index in [2.05, 4.69) is 15.9 Å². The first kappa shape index (κ1) is 15.9. The van der Waals surface area contributed by atoms with Gasteiger partial charge in [-0.25, -0.2) is 0 Å². The summed E-state index contributed by atoms with van der Waals surface area (Å²) in [5, 5.41) is 0. The van der Waals surface area contributed by atoms with Gasteiger partial charge < -0.3 is 14.4 Å². The summed E-state index contributed by atoms with van der Waals surface area (Å²) in [6, 6.07) is 0.0458. The van der Waals surface area contributed by atoms with E-state index < -0.39 is 4.32 Å². The number of carbonyl (C=O) groups is 1. The maximum absolute atomic E-state index is 12.2. The molecule has 1 unspecified atom stereocenters. The SMILES string of the molecule is COCCN(C(=O)C(C)(C)Br)C(C)COC. The van der Waals surface area contributed by atoms with Gasteiger partial charge in [-0.1, -0.05) is 15.9 Å². The van der Waals surface area contributed by atoms with Crippen molar-refractivity contribution in [3.8, 4) is 0 Å². The number of halogens is 1. The third-order valence-electron chi connectivity index (χ3n) is 2.25. The second-order valence-electron chi connectivity index (χ2n) is 4.27. The van der Waals surface area contributed by atoms with Crippen molar-refractivity contribution in [2.24, 2.45) is 0 Å². The summed E-state index contributed by atoms with van der Waals surface area (Å²) in [4.78, 5) is 13.9. The second kappa shape index (κ2) is 7.25. The molecular weight excluding hydrogens is 274 g/mol. The molecule has 0 fully saturated rings. The lowest BCUT2D eigenvalue weighted by atomic mass is 10.1. The summed E-state index contributed by atoms with van der Waals surface area (Å²) in [5.41, 5.74) is 0. The molecule has 0 aromatic rings. The van der Waals surface area contributed by atoms with Crippen molar-refractivity contribution in [2.75, 3.05) is 34.0 Å². The normalized spacial score (nSPS) is 13.6. The van der Waals surface area contributed by atoms with Gasteiger partial charge in [-0.2, -0.15) is 0 Å². The Hall–Kier alpha value is -0.130. The van der Waals surface area contributed by atoms with Crippen LogP contribution in [0.25, 0.3) is 0 Å². The van der Waals surface area contributed by atoms with E-state index in [1.165, 1.54) is 0 Å². The van der Waals surface area contributed by atoms with Crippen molar-refractivity contribution in [1.82, 2.24) is 4.90 Å². The number of carbonyl (C=O) groups excluding carboxylic acids is 1. The Morgan fingerprint density at radius 1 is 1.38 bits per heavy atom. The molecule has 1 amide bonds. The molecule has 0 aliphatic carbocycles. The molecule has 16 heavy (non-hydrogen) atoms. The Kier molecular flexibility index (Phi) is 7.19. The predicted molar refractivity (Wildman–Crippen MR) is 67.9 cm³/mol. The lowest BCUT2D eigenvalue weighted by molar-refractivity contribution is -0.136. The summed E-state index contributed by atoms with van der Waals surface area (Å²) in [5.74, 6) is 0.0501. The molecule has 0 bridgehead atoms. The van der Waals surface area contributed by atoms with Gasteiger partial charge in [0.2, 0.25) is 5.91 Å². The molecule has 0 saturated carbocycles. The van der Waals surface area contributed by atoms with Crippen LogP contribution in [-0.2, 0) is 14.3 Å². The third kappa shape index (κ3) is 5.27. The minimum absolute atomic E-state index is 0.0458. The molecule has 0 aliphatic heterocycles. The predicted octanol–water partition coefficient (Wildman–Crippen LogP) is 1.67. The molecule has 0 radical (unpaired) electrons. The van der Waals surface area contributed by atoms with Crippen LogP contribution < -0.4 is 0 Å². The van der Waals surface area contributed by atoms with Crippen LogP contribution in [0.3, 0.4) is 0 Å². The number of hydrogen-bond donors (Lipinski definition) is 0. The minimum atomic E-state index is -0.553. The van der Waals surface area contributed by atoms with Crippen LogP contribution in [0.1, 0.15) is 20.8 Å². The Morgan fingerprint density at radius 3 is 2.31 bits per heavy atom. The molecule has 0 rings (SSSR count). The highest BCUT2D eigenvalue weighted by molar-refractivity contribution is 9.10. The average molecular weight is 296 g/mol. The first-order chi connectivity index (χ1) is 7.34. The van der Waals surface area contributed by atoms with E-state index in [9.17, 15) is 4.79 Å². The molecule has 0 spiro atoms. The van der Waals surface area contributed by atoms with Crippen LogP contribution in [0.5, 0.6) is 0 Å². The van der Waals surface area contributed by atoms with E-state index in [0.29, 0.717) is 19.8 Å². The van der Waals surface area contributed by atoms with Crippen LogP contribution in [0.4, 0.5) is 0 Å². The van der Waals surface area contributed by atoms with E-state index in [1.54, 1.807) is 19.1 Å². The summed E-state index contributed by atoms with van der Waals surface area (Å²) in [7, 11) is 3.26. The van der Waals surface area contributed by atoms with Crippen molar-refractivity contribution in [2.45, 2.75) is 31.1 Å². The highest BCUT2D eigenvalue weighted by Gasteiger charge is 2.31. The maximum atomic E-state index is 12.2. The van der Waals surface area contributed by atoms with Gasteiger partial charge in [0.25, 0.3) is 0 Å². The zero-order valence-electron chi connectivity index (χ0n) is 10.7. The second-order valence-corrected chi connectivity index (χ2v) is 6.25. The monoisotopic (exact) mass is 295 g/mol. The Balaban J connectivity index is 4.59. The third-order valence-corrected chi connectivity index (χ3v) is 2.58. The molecule has 0 N–H and O–H groups in total. The number of amides is 1. The molecule has 0 aliphatic rings. The van der Waals surface area contributed by atoms with E-state index >= 15 is 0 Å². The summed E-state index contributed by atoms with van der Waals surface area (Å²) in [6.07, 6.45) is 0. The molecule has 4 nitrogen and oxygen atoms in total. The van der Waals surface area contributed by atoms with Gasteiger partial charge >= 0.3 is 0 Å². The zero-order chi connectivity index (χ0) is 12.8. The highest BCUT2D eigenvalue weighted by atomic mass is 79.9. The van der Waals surface area contributed by atoms with Crippen LogP contribution in [0.2, 0.25) is 0 Å². The zero-order valence-corrected chi connectivity index (χ0v) is 12.3. The van der Waals surface area contributed by atoms with Crippen molar-refractivity contribution in [1.29, 1.82) is 0 Å². The van der Waals surface area contributed by atoms with E-state index in [-0.39, 0.29) is 11.9 Å². The van der Waals surface area contributed by atoms with E-state index in [0.717, 1.165) is 0 Å². The number of hydrogen-bond acceptors (Lipinski definition) is 3. The fourth-order valence-electron chi connectivity index (χ4n) is 1.38. The Morgan fingerprint density at radius 2 is 1.94 bits per heavy atom. The standard InChI is InChI=1S/C11H22BrNO3/c1-9(8-16-5)13(6-7-15-4)10(14)11(2,3)12/h9H,6-8H2,1-5H3. The number of methoxy groups -OCH3 is 2. The number of rotatable bonds is 7. The van der Waals surface area contributed by atoms with Crippen LogP contribution in [0, 0.1) is 0 Å². The van der Waals surface area contributed by atoms with Crippen LogP contribution in [-0.4, -0.2) is 55.2 Å². The fraction of sp³-hybridized carbons (Fsp3) is 0.909. The molecular formula is C11H22BrNO3. The van der Waals surface area contributed by atoms with E-state index in [1.807, 2.05) is 20.8 Å². The van der Waals surface area contributed by atoms with Crippen molar-refractivity contribution in [3.05, 3.63) is 0 Å². The van der Waals surface area contributed by atoms with Gasteiger partial charge in [-0.05, 0) is 20.8 Å². The highest BCUT2D eigenvalue weighted by Crippen LogP contribution is 2.20. The molecule has 0 aromatic carbocycles. The summed E-state index contributed by atoms with van der Waals surface area (Å²) >= 11 is 3.38. The largest absolute Gasteiger partial charge is 0.383 e. The average Bonchev–Trinajstić information content (AvgIpc) is 2.17. The number of nitrogens with zero attached hydrogens (tertiary/aromatic N) is 1. The van der Waals surface area contributed by atoms with Gasteiger partial charge in [-0.3, -0.25) is 4.79 Å². The van der Waals surface area contributed by atoms with Gasteiger partial charge in [0, 0.05) is 20.8 Å². The molecule has 5 heteroatoms. The van der Waals surface area contributed by atoms with Crippen molar-refractivity contribution >= 4 is 21.8 Å². The van der Waals surface area contributed by atoms with Gasteiger partial charge in [0.05, 0.1) is 23.6 Å². The molecule has 1 atom stereocenters. The molecule has 0 aromatic heterocycles. The minimum Gasteiger partial charge on any atom is -0.383 e. The fourth-order valence-corrected chi connectivity index (χ4v) is 1.61. The first-order valence-electron chi connectivity index (χ1n) is 5.32. The number of ether oxygens (including phenoxy) is 2. The summed E-state index contributed by atoms with van der Waals surface area (Å²) in [6.45, 7) is 7.29. The topological polar surface area (TPSA) is 38.8 Å². The number of alkyl halides is 1. The van der Waals surface area contributed by atoms with Gasteiger partial charge in [0.15, 0.2) is 0 Å². The smallest absolute Gasteiger partial charge is 0.239 e. The van der Waals surface area contributed by atoms with Gasteiger partial charge in [-0.15, -0.1) is 0 Å². The first-order valence-corrected chi connectivity index (χ1v) is 6.11. The lowest BCUT2D eigenvalue weighted by Crippen LogP contribution is -2.49. The van der Waals surface area contributed by atoms with Crippen molar-refractivity contribution < 1.29 is 14.3 Å². The Labute approximate surface area is 106 Å². The molecule has 0 heterocycles. The Bertz CT molecular complexity index is 216. The lowest BCUT2D eigenvalue weighted by Gasteiger charge is -2.33. The summed E-state index contributed by atoms with van der Waals surface area (Å²) < 4.78 is 9.54. The molecule has 0 saturated heterocycles. The van der Waals surface area contributed by atoms with Crippen LogP contribution >= 0.6 is 15.9 Å². The van der Waals surface area contributed by atoms with Crippen molar-refractivity contribution in [3.63, 3.8) is 0 Å². The molecule has 96 valence electrons. The van der Waals surface area contributed by atoms with Gasteiger partial charge in [0.1, 0.15) is 0 Å².